The monoisotopic (exact) mass is 348 g/mol. The van der Waals surface area contributed by atoms with Crippen LogP contribution in [-0.4, -0.2) is 61.4 Å². The first-order valence-electron chi connectivity index (χ1n) is 7.24. The van der Waals surface area contributed by atoms with Gasteiger partial charge in [-0.2, -0.15) is 8.42 Å². The summed E-state index contributed by atoms with van der Waals surface area (Å²) < 4.78 is 24.1. The lowest BCUT2D eigenvalue weighted by molar-refractivity contribution is -0.135. The number of rotatable bonds is 6. The molecule has 0 radical (unpaired) electrons. The molecule has 10 heteroatoms. The van der Waals surface area contributed by atoms with E-state index in [0.717, 1.165) is 37.3 Å². The van der Waals surface area contributed by atoms with Crippen LogP contribution in [0.3, 0.4) is 0 Å². The standard InChI is InChI=1S/C12H20N4O4S2/c13-22(19,20)15-5-7-3-9(6-14-7)21-10-4-8-1-2-16(8)11(10)12(17)18/h7-9,14-15H,1-6H2,(H,17,18)(H2,13,19,20)/t7-,8?,9-/m0/s1. The molecule has 0 saturated carbocycles. The van der Waals surface area contributed by atoms with E-state index in [2.05, 4.69) is 10.0 Å². The van der Waals surface area contributed by atoms with E-state index in [1.807, 2.05) is 4.90 Å². The van der Waals surface area contributed by atoms with Crippen LogP contribution in [0.4, 0.5) is 0 Å². The molecular formula is C12H20N4O4S2. The summed E-state index contributed by atoms with van der Waals surface area (Å²) in [7, 11) is -3.67. The Kier molecular flexibility index (Phi) is 4.38. The number of thioether (sulfide) groups is 1. The quantitative estimate of drug-likeness (QED) is 0.486. The molecule has 5 N–H and O–H groups in total. The van der Waals surface area contributed by atoms with Gasteiger partial charge in [-0.05, 0) is 12.8 Å². The van der Waals surface area contributed by atoms with E-state index in [-0.39, 0.29) is 17.8 Å². The molecule has 0 aromatic heterocycles. The average molecular weight is 348 g/mol. The first-order chi connectivity index (χ1) is 10.3. The third kappa shape index (κ3) is 3.40. The zero-order valence-corrected chi connectivity index (χ0v) is 13.6. The molecule has 3 aliphatic rings. The predicted molar refractivity (Wildman–Crippen MR) is 83.3 cm³/mol. The van der Waals surface area contributed by atoms with Gasteiger partial charge < -0.3 is 15.3 Å². The predicted octanol–water partition coefficient (Wildman–Crippen LogP) is -0.983. The number of carbonyl (C=O) groups is 1. The summed E-state index contributed by atoms with van der Waals surface area (Å²) in [6, 6.07) is 0.394. The fraction of sp³-hybridized carbons (Fsp3) is 0.750. The van der Waals surface area contributed by atoms with Gasteiger partial charge in [-0.25, -0.2) is 14.7 Å². The second-order valence-electron chi connectivity index (χ2n) is 5.89. The highest BCUT2D eigenvalue weighted by atomic mass is 32.2. The van der Waals surface area contributed by atoms with Gasteiger partial charge in [0.15, 0.2) is 0 Å². The van der Waals surface area contributed by atoms with Gasteiger partial charge >= 0.3 is 5.97 Å². The molecule has 0 aliphatic carbocycles. The van der Waals surface area contributed by atoms with E-state index >= 15 is 0 Å². The number of hydrogen-bond acceptors (Lipinski definition) is 6. The van der Waals surface area contributed by atoms with Crippen LogP contribution in [0.25, 0.3) is 0 Å². The molecule has 0 amide bonds. The summed E-state index contributed by atoms with van der Waals surface area (Å²) in [4.78, 5) is 14.4. The molecule has 0 aromatic rings. The lowest BCUT2D eigenvalue weighted by atomic mass is 10.0. The van der Waals surface area contributed by atoms with Crippen LogP contribution in [0.15, 0.2) is 10.6 Å². The molecule has 0 spiro atoms. The van der Waals surface area contributed by atoms with Gasteiger partial charge in [0.05, 0.1) is 0 Å². The number of hydrogen-bond donors (Lipinski definition) is 4. The Balaban J connectivity index is 1.57. The number of carboxylic acid groups (broad SMARTS) is 1. The Hall–Kier alpha value is -0.810. The van der Waals surface area contributed by atoms with Gasteiger partial charge in [-0.1, -0.05) is 0 Å². The molecule has 2 saturated heterocycles. The van der Waals surface area contributed by atoms with E-state index in [1.54, 1.807) is 11.8 Å². The van der Waals surface area contributed by atoms with Crippen LogP contribution >= 0.6 is 11.8 Å². The topological polar surface area (TPSA) is 125 Å². The van der Waals surface area contributed by atoms with Crippen molar-refractivity contribution in [2.24, 2.45) is 5.14 Å². The summed E-state index contributed by atoms with van der Waals surface area (Å²) in [6.45, 7) is 1.83. The third-order valence-corrected chi connectivity index (χ3v) is 6.25. The molecule has 22 heavy (non-hydrogen) atoms. The maximum atomic E-state index is 11.4. The van der Waals surface area contributed by atoms with Crippen molar-refractivity contribution >= 4 is 27.9 Å². The van der Waals surface area contributed by atoms with Gasteiger partial charge in [0, 0.05) is 48.3 Å². The lowest BCUT2D eigenvalue weighted by Crippen LogP contribution is -2.44. The summed E-state index contributed by atoms with van der Waals surface area (Å²) in [5, 5.41) is 17.8. The molecule has 3 aliphatic heterocycles. The Morgan fingerprint density at radius 1 is 1.55 bits per heavy atom. The van der Waals surface area contributed by atoms with Crippen molar-refractivity contribution in [3.63, 3.8) is 0 Å². The number of aliphatic carboxylic acids is 1. The van der Waals surface area contributed by atoms with E-state index in [0.29, 0.717) is 11.7 Å². The summed E-state index contributed by atoms with van der Waals surface area (Å²) in [5.74, 6) is -0.844. The minimum Gasteiger partial charge on any atom is -0.477 e. The highest BCUT2D eigenvalue weighted by Crippen LogP contribution is 2.44. The molecule has 3 heterocycles. The second-order valence-corrected chi connectivity index (χ2v) is 8.67. The van der Waals surface area contributed by atoms with Crippen molar-refractivity contribution < 1.29 is 18.3 Å². The zero-order chi connectivity index (χ0) is 15.9. The fourth-order valence-electron chi connectivity index (χ4n) is 3.21. The molecule has 3 atom stereocenters. The lowest BCUT2D eigenvalue weighted by Gasteiger charge is -2.37. The number of nitrogens with two attached hydrogens (primary N) is 1. The van der Waals surface area contributed by atoms with Gasteiger partial charge in [0.1, 0.15) is 5.70 Å². The molecule has 3 rings (SSSR count). The van der Waals surface area contributed by atoms with E-state index in [9.17, 15) is 18.3 Å². The van der Waals surface area contributed by atoms with Crippen molar-refractivity contribution in [3.8, 4) is 0 Å². The first-order valence-corrected chi connectivity index (χ1v) is 9.66. The van der Waals surface area contributed by atoms with Gasteiger partial charge in [0.2, 0.25) is 0 Å². The van der Waals surface area contributed by atoms with Crippen LogP contribution < -0.4 is 15.2 Å². The number of carboxylic acids is 1. The smallest absolute Gasteiger partial charge is 0.353 e. The van der Waals surface area contributed by atoms with Crippen molar-refractivity contribution in [1.29, 1.82) is 0 Å². The fourth-order valence-corrected chi connectivity index (χ4v) is 5.16. The average Bonchev–Trinajstić information content (AvgIpc) is 2.92. The minimum atomic E-state index is -3.67. The largest absolute Gasteiger partial charge is 0.477 e. The number of nitrogens with zero attached hydrogens (tertiary/aromatic N) is 1. The maximum Gasteiger partial charge on any atom is 0.353 e. The highest BCUT2D eigenvalue weighted by molar-refractivity contribution is 8.03. The van der Waals surface area contributed by atoms with Crippen LogP contribution in [0.5, 0.6) is 0 Å². The number of fused-ring (bicyclic) bond motifs is 1. The molecule has 124 valence electrons. The molecule has 8 nitrogen and oxygen atoms in total. The number of nitrogens with one attached hydrogen (secondary N) is 2. The molecule has 2 fully saturated rings. The van der Waals surface area contributed by atoms with Gasteiger partial charge in [0.25, 0.3) is 10.2 Å². The van der Waals surface area contributed by atoms with Crippen LogP contribution in [-0.2, 0) is 15.0 Å². The van der Waals surface area contributed by atoms with Crippen LogP contribution in [0.1, 0.15) is 19.3 Å². The van der Waals surface area contributed by atoms with Crippen LogP contribution in [0, 0.1) is 0 Å². The minimum absolute atomic E-state index is 0.0307. The third-order valence-electron chi connectivity index (χ3n) is 4.34. The summed E-state index contributed by atoms with van der Waals surface area (Å²) in [5.41, 5.74) is 0.465. The van der Waals surface area contributed by atoms with E-state index < -0.39 is 16.2 Å². The molecular weight excluding hydrogens is 328 g/mol. The molecule has 0 aromatic carbocycles. The summed E-state index contributed by atoms with van der Waals surface area (Å²) >= 11 is 1.62. The van der Waals surface area contributed by atoms with Gasteiger partial charge in [-0.3, -0.25) is 0 Å². The Morgan fingerprint density at radius 3 is 2.91 bits per heavy atom. The first kappa shape index (κ1) is 16.1. The van der Waals surface area contributed by atoms with Gasteiger partial charge in [-0.15, -0.1) is 11.8 Å². The second kappa shape index (κ2) is 6.00. The van der Waals surface area contributed by atoms with E-state index in [4.69, 9.17) is 5.14 Å². The zero-order valence-electron chi connectivity index (χ0n) is 12.0. The van der Waals surface area contributed by atoms with E-state index in [1.165, 1.54) is 0 Å². The Bertz CT molecular complexity index is 606. The van der Waals surface area contributed by atoms with Crippen LogP contribution in [0.2, 0.25) is 0 Å². The van der Waals surface area contributed by atoms with Crippen molar-refractivity contribution in [1.82, 2.24) is 14.9 Å². The summed E-state index contributed by atoms with van der Waals surface area (Å²) in [6.07, 6.45) is 2.67. The van der Waals surface area contributed by atoms with Crippen molar-refractivity contribution in [2.75, 3.05) is 19.6 Å². The molecule has 0 bridgehead atoms. The maximum absolute atomic E-state index is 11.4. The van der Waals surface area contributed by atoms with Crippen molar-refractivity contribution in [3.05, 3.63) is 10.6 Å². The molecule has 1 unspecified atom stereocenters. The van der Waals surface area contributed by atoms with Crippen molar-refractivity contribution in [2.45, 2.75) is 36.6 Å². The highest BCUT2D eigenvalue weighted by Gasteiger charge is 2.42. The Morgan fingerprint density at radius 2 is 2.32 bits per heavy atom. The Labute approximate surface area is 133 Å². The normalized spacial score (nSPS) is 31.3. The SMILES string of the molecule is NS(=O)(=O)NC[C@@H]1C[C@H](SC2=C(C(=O)O)N3CCC3C2)CN1.